The van der Waals surface area contributed by atoms with E-state index in [1.807, 2.05) is 13.8 Å². The lowest BCUT2D eigenvalue weighted by Gasteiger charge is -2.40. The van der Waals surface area contributed by atoms with Crippen LogP contribution in [0.3, 0.4) is 0 Å². The summed E-state index contributed by atoms with van der Waals surface area (Å²) in [6, 6.07) is 11.0. The molecule has 1 aliphatic rings. The molecule has 0 radical (unpaired) electrons. The average Bonchev–Trinajstić information content (AvgIpc) is 2.97. The predicted molar refractivity (Wildman–Crippen MR) is 155 cm³/mol. The van der Waals surface area contributed by atoms with E-state index in [1.54, 1.807) is 30.3 Å². The van der Waals surface area contributed by atoms with Crippen molar-refractivity contribution in [2.24, 2.45) is 0 Å². The molecule has 1 heterocycles. The standard InChI is InChI=1S/C29H40N2O11S/c1-4-6-13-30-21-15-19(29(36)39-14-7-5-2)16-23(27(21)41-20-11-9-8-10-12-20)43(37,38)31-28-26(35)25(34)24(33)22(42-28)17-40-18(3)32/h8-12,15-16,22,24-26,28,30-31,33-35H,4-7,13-14,17H2,1-3H3/t22-,24-,25+,26-,28?/m1/s1. The van der Waals surface area contributed by atoms with Crippen LogP contribution in [-0.2, 0) is 29.0 Å². The van der Waals surface area contributed by atoms with Crippen molar-refractivity contribution in [3.63, 3.8) is 0 Å². The van der Waals surface area contributed by atoms with Crippen molar-refractivity contribution in [3.8, 4) is 11.5 Å². The molecule has 13 nitrogen and oxygen atoms in total. The number of nitrogens with one attached hydrogen (secondary N) is 2. The SMILES string of the molecule is CCCCNc1cc(C(=O)OCCCC)cc(S(=O)(=O)NC2O[C@H](COC(C)=O)[C@@H](O)[C@H](O)[C@H]2O)c1Oc1ccccc1. The number of esters is 2. The summed E-state index contributed by atoms with van der Waals surface area (Å²) in [6.07, 6.45) is -5.57. The Morgan fingerprint density at radius 3 is 2.30 bits per heavy atom. The van der Waals surface area contributed by atoms with Crippen LogP contribution in [0.25, 0.3) is 0 Å². The Morgan fingerprint density at radius 1 is 0.953 bits per heavy atom. The van der Waals surface area contributed by atoms with Crippen LogP contribution < -0.4 is 14.8 Å². The highest BCUT2D eigenvalue weighted by atomic mass is 32.2. The molecular formula is C29H40N2O11S. The first-order chi connectivity index (χ1) is 20.5. The molecule has 238 valence electrons. The van der Waals surface area contributed by atoms with Crippen molar-refractivity contribution in [1.82, 2.24) is 4.72 Å². The fourth-order valence-corrected chi connectivity index (χ4v) is 5.46. The summed E-state index contributed by atoms with van der Waals surface area (Å²) in [6.45, 7) is 5.12. The number of benzene rings is 2. The van der Waals surface area contributed by atoms with E-state index in [0.717, 1.165) is 32.3 Å². The summed E-state index contributed by atoms with van der Waals surface area (Å²) in [5.74, 6) is -1.27. The van der Waals surface area contributed by atoms with Gasteiger partial charge in [-0.15, -0.1) is 0 Å². The second-order valence-electron chi connectivity index (χ2n) is 10.0. The van der Waals surface area contributed by atoms with Gasteiger partial charge < -0.3 is 39.6 Å². The molecule has 0 amide bonds. The monoisotopic (exact) mass is 624 g/mol. The first kappa shape index (κ1) is 34.2. The minimum atomic E-state index is -4.68. The maximum absolute atomic E-state index is 13.9. The molecule has 1 fully saturated rings. The molecule has 14 heteroatoms. The third kappa shape index (κ3) is 9.36. The fourth-order valence-electron chi connectivity index (χ4n) is 4.16. The van der Waals surface area contributed by atoms with Gasteiger partial charge in [-0.2, -0.15) is 4.72 Å². The van der Waals surface area contributed by atoms with E-state index in [2.05, 4.69) is 10.0 Å². The van der Waals surface area contributed by atoms with Gasteiger partial charge in [0, 0.05) is 13.5 Å². The fraction of sp³-hybridized carbons (Fsp3) is 0.517. The Morgan fingerprint density at radius 2 is 1.65 bits per heavy atom. The molecule has 0 saturated carbocycles. The number of carbonyl (C=O) groups excluding carboxylic acids is 2. The largest absolute Gasteiger partial charge is 0.463 e. The zero-order valence-corrected chi connectivity index (χ0v) is 25.2. The first-order valence-electron chi connectivity index (χ1n) is 14.2. The normalized spacial score (nSPS) is 22.0. The van der Waals surface area contributed by atoms with Gasteiger partial charge in [-0.1, -0.05) is 44.9 Å². The van der Waals surface area contributed by atoms with Crippen LogP contribution in [0.1, 0.15) is 56.8 Å². The molecule has 1 aliphatic heterocycles. The van der Waals surface area contributed by atoms with Crippen LogP contribution in [-0.4, -0.2) is 86.1 Å². The molecule has 1 unspecified atom stereocenters. The number of ether oxygens (including phenoxy) is 4. The lowest BCUT2D eigenvalue weighted by Crippen LogP contribution is -2.63. The van der Waals surface area contributed by atoms with Crippen LogP contribution >= 0.6 is 0 Å². The van der Waals surface area contributed by atoms with Gasteiger partial charge in [0.2, 0.25) is 10.0 Å². The number of aliphatic hydroxyl groups is 3. The molecule has 5 atom stereocenters. The van der Waals surface area contributed by atoms with Crippen molar-refractivity contribution in [2.45, 2.75) is 82.0 Å². The van der Waals surface area contributed by atoms with E-state index in [4.69, 9.17) is 18.9 Å². The topological polar surface area (TPSA) is 190 Å². The van der Waals surface area contributed by atoms with E-state index in [-0.39, 0.29) is 23.6 Å². The molecule has 0 aliphatic carbocycles. The smallest absolute Gasteiger partial charge is 0.338 e. The molecule has 5 N–H and O–H groups in total. The van der Waals surface area contributed by atoms with E-state index in [0.29, 0.717) is 18.7 Å². The quantitative estimate of drug-likeness (QED) is 0.144. The van der Waals surface area contributed by atoms with Gasteiger partial charge in [0.25, 0.3) is 0 Å². The number of para-hydroxylation sites is 1. The van der Waals surface area contributed by atoms with Gasteiger partial charge in [0.1, 0.15) is 41.7 Å². The van der Waals surface area contributed by atoms with Crippen molar-refractivity contribution in [2.75, 3.05) is 25.1 Å². The maximum atomic E-state index is 13.9. The number of rotatable bonds is 15. The third-order valence-electron chi connectivity index (χ3n) is 6.55. The van der Waals surface area contributed by atoms with Crippen LogP contribution in [0, 0.1) is 0 Å². The van der Waals surface area contributed by atoms with Gasteiger partial charge in [-0.25, -0.2) is 13.2 Å². The second-order valence-corrected chi connectivity index (χ2v) is 11.7. The van der Waals surface area contributed by atoms with Crippen LogP contribution in [0.5, 0.6) is 11.5 Å². The number of anilines is 1. The number of hydrogen-bond acceptors (Lipinski definition) is 12. The van der Waals surface area contributed by atoms with E-state index in [1.165, 1.54) is 6.07 Å². The summed E-state index contributed by atoms with van der Waals surface area (Å²) >= 11 is 0. The molecule has 3 rings (SSSR count). The summed E-state index contributed by atoms with van der Waals surface area (Å²) in [5, 5.41) is 34.4. The number of aliphatic hydroxyl groups excluding tert-OH is 3. The molecule has 2 aromatic carbocycles. The summed E-state index contributed by atoms with van der Waals surface area (Å²) in [4.78, 5) is 23.8. The highest BCUT2D eigenvalue weighted by Crippen LogP contribution is 2.38. The number of sulfonamides is 1. The molecule has 43 heavy (non-hydrogen) atoms. The highest BCUT2D eigenvalue weighted by Gasteiger charge is 2.46. The van der Waals surface area contributed by atoms with Crippen molar-refractivity contribution >= 4 is 27.6 Å². The minimum Gasteiger partial charge on any atom is -0.463 e. The Hall–Kier alpha value is -3.27. The number of hydrogen-bond donors (Lipinski definition) is 5. The number of carbonyl (C=O) groups is 2. The number of unbranched alkanes of at least 4 members (excludes halogenated alkanes) is 2. The van der Waals surface area contributed by atoms with Crippen LogP contribution in [0.4, 0.5) is 5.69 Å². The van der Waals surface area contributed by atoms with Gasteiger partial charge >= 0.3 is 11.9 Å². The van der Waals surface area contributed by atoms with Crippen molar-refractivity contribution in [3.05, 3.63) is 48.0 Å². The second kappa shape index (κ2) is 16.0. The summed E-state index contributed by atoms with van der Waals surface area (Å²) in [5.41, 5.74) is 0.139. The average molecular weight is 625 g/mol. The minimum absolute atomic E-state index is 0.0656. The highest BCUT2D eigenvalue weighted by molar-refractivity contribution is 7.89. The van der Waals surface area contributed by atoms with Gasteiger partial charge in [0.15, 0.2) is 12.0 Å². The molecule has 0 spiro atoms. The molecule has 0 bridgehead atoms. The Balaban J connectivity index is 2.07. The molecule has 2 aromatic rings. The zero-order valence-electron chi connectivity index (χ0n) is 24.4. The zero-order chi connectivity index (χ0) is 31.6. The molecular weight excluding hydrogens is 584 g/mol. The summed E-state index contributed by atoms with van der Waals surface area (Å²) in [7, 11) is -4.68. The first-order valence-corrected chi connectivity index (χ1v) is 15.6. The third-order valence-corrected chi connectivity index (χ3v) is 7.98. The summed E-state index contributed by atoms with van der Waals surface area (Å²) < 4.78 is 51.9. The van der Waals surface area contributed by atoms with E-state index < -0.39 is 64.1 Å². The van der Waals surface area contributed by atoms with Gasteiger partial charge in [-0.05, 0) is 37.1 Å². The van der Waals surface area contributed by atoms with Gasteiger partial charge in [0.05, 0.1) is 17.9 Å². The molecule has 1 saturated heterocycles. The van der Waals surface area contributed by atoms with E-state index in [9.17, 15) is 33.3 Å². The maximum Gasteiger partial charge on any atom is 0.338 e. The van der Waals surface area contributed by atoms with Crippen LogP contribution in [0.15, 0.2) is 47.4 Å². The van der Waals surface area contributed by atoms with Crippen molar-refractivity contribution in [1.29, 1.82) is 0 Å². The lowest BCUT2D eigenvalue weighted by atomic mass is 9.99. The Labute approximate surface area is 251 Å². The van der Waals surface area contributed by atoms with Gasteiger partial charge in [-0.3, -0.25) is 4.79 Å². The van der Waals surface area contributed by atoms with E-state index >= 15 is 0 Å². The predicted octanol–water partition coefficient (Wildman–Crippen LogP) is 2.30. The van der Waals surface area contributed by atoms with Crippen LogP contribution in [0.2, 0.25) is 0 Å². The Kier molecular flexibility index (Phi) is 12.7. The van der Waals surface area contributed by atoms with Crippen molar-refractivity contribution < 1.29 is 52.3 Å². The lowest BCUT2D eigenvalue weighted by molar-refractivity contribution is -0.234. The Bertz CT molecular complexity index is 1320. The molecule has 0 aromatic heterocycles.